The molecule has 2 aliphatic rings. The molecule has 19 heavy (non-hydrogen) atoms. The van der Waals surface area contributed by atoms with Gasteiger partial charge in [-0.25, -0.2) is 4.79 Å². The number of anilines is 1. The molecular weight excluding hydrogens is 304 g/mol. The van der Waals surface area contributed by atoms with Crippen molar-refractivity contribution in [2.24, 2.45) is 4.99 Å². The number of hydrogen-bond donors (Lipinski definition) is 0. The second-order valence-corrected chi connectivity index (χ2v) is 6.27. The molecule has 1 heterocycles. The van der Waals surface area contributed by atoms with Crippen LogP contribution in [0.25, 0.3) is 0 Å². The van der Waals surface area contributed by atoms with Crippen LogP contribution in [0.3, 0.4) is 0 Å². The molecule has 3 rings (SSSR count). The third-order valence-electron chi connectivity index (χ3n) is 4.34. The van der Waals surface area contributed by atoms with Crippen LogP contribution in [-0.4, -0.2) is 19.2 Å². The molecule has 1 aliphatic heterocycles. The predicted molar refractivity (Wildman–Crippen MR) is 79.2 cm³/mol. The molecule has 0 unspecified atom stereocenters. The molecule has 1 aromatic rings. The van der Waals surface area contributed by atoms with Gasteiger partial charge in [-0.15, -0.1) is 0 Å². The number of rotatable bonds is 3. The summed E-state index contributed by atoms with van der Waals surface area (Å²) in [6, 6.07) is 6.28. The molecule has 0 radical (unpaired) electrons. The van der Waals surface area contributed by atoms with Gasteiger partial charge in [0.25, 0.3) is 0 Å². The fourth-order valence-electron chi connectivity index (χ4n) is 3.21. The molecule has 0 aromatic heterocycles. The van der Waals surface area contributed by atoms with E-state index in [1.807, 2.05) is 0 Å². The Morgan fingerprint density at radius 1 is 1.21 bits per heavy atom. The van der Waals surface area contributed by atoms with Crippen LogP contribution in [0.2, 0.25) is 0 Å². The molecule has 1 saturated carbocycles. The minimum absolute atomic E-state index is 0.334. The van der Waals surface area contributed by atoms with Gasteiger partial charge in [0, 0.05) is 28.8 Å². The smallest absolute Gasteiger partial charge is 0.235 e. The summed E-state index contributed by atoms with van der Waals surface area (Å²) < 4.78 is 1.07. The lowest BCUT2D eigenvalue weighted by Gasteiger charge is -2.40. The Labute approximate surface area is 121 Å². The van der Waals surface area contributed by atoms with Crippen LogP contribution in [0.4, 0.5) is 5.69 Å². The third-order valence-corrected chi connectivity index (χ3v) is 5.00. The molecule has 1 saturated heterocycles. The molecule has 0 N–H and O–H groups in total. The zero-order valence-corrected chi connectivity index (χ0v) is 12.4. The van der Waals surface area contributed by atoms with Crippen LogP contribution in [0.5, 0.6) is 0 Å². The van der Waals surface area contributed by atoms with Gasteiger partial charge in [0.15, 0.2) is 0 Å². The summed E-state index contributed by atoms with van der Waals surface area (Å²) >= 11 is 3.66. The number of benzene rings is 1. The van der Waals surface area contributed by atoms with Crippen molar-refractivity contribution in [3.05, 3.63) is 28.2 Å². The Morgan fingerprint density at radius 3 is 2.53 bits per heavy atom. The van der Waals surface area contributed by atoms with Gasteiger partial charge in [0.2, 0.25) is 6.08 Å². The SMILES string of the molecule is O=C=NC1(c2c(Br)cccc2N2CCCC2)CCC1. The topological polar surface area (TPSA) is 32.7 Å². The lowest BCUT2D eigenvalue weighted by Crippen LogP contribution is -2.35. The normalized spacial score (nSPS) is 20.8. The van der Waals surface area contributed by atoms with Crippen molar-refractivity contribution in [3.63, 3.8) is 0 Å². The van der Waals surface area contributed by atoms with Gasteiger partial charge < -0.3 is 4.90 Å². The summed E-state index contributed by atoms with van der Waals surface area (Å²) in [7, 11) is 0. The number of nitrogens with zero attached hydrogens (tertiary/aromatic N) is 2. The molecule has 4 heteroatoms. The molecule has 0 amide bonds. The Balaban J connectivity index is 2.10. The minimum atomic E-state index is -0.334. The highest BCUT2D eigenvalue weighted by molar-refractivity contribution is 9.10. The predicted octanol–water partition coefficient (Wildman–Crippen LogP) is 3.76. The van der Waals surface area contributed by atoms with Gasteiger partial charge in [0.1, 0.15) is 5.54 Å². The fourth-order valence-corrected chi connectivity index (χ4v) is 3.94. The first kappa shape index (κ1) is 12.9. The van der Waals surface area contributed by atoms with Crippen LogP contribution in [0, 0.1) is 0 Å². The Morgan fingerprint density at radius 2 is 1.95 bits per heavy atom. The number of halogens is 1. The van der Waals surface area contributed by atoms with Crippen molar-refractivity contribution in [3.8, 4) is 0 Å². The summed E-state index contributed by atoms with van der Waals surface area (Å²) in [4.78, 5) is 17.4. The van der Waals surface area contributed by atoms with E-state index in [0.29, 0.717) is 0 Å². The van der Waals surface area contributed by atoms with Crippen LogP contribution >= 0.6 is 15.9 Å². The third kappa shape index (κ3) is 2.13. The van der Waals surface area contributed by atoms with Gasteiger partial charge in [-0.3, -0.25) is 0 Å². The summed E-state index contributed by atoms with van der Waals surface area (Å²) in [5, 5.41) is 0. The van der Waals surface area contributed by atoms with Crippen LogP contribution < -0.4 is 4.90 Å². The Hall–Kier alpha value is -1.12. The van der Waals surface area contributed by atoms with E-state index >= 15 is 0 Å². The van der Waals surface area contributed by atoms with E-state index in [-0.39, 0.29) is 5.54 Å². The molecule has 1 aromatic carbocycles. The Bertz CT molecular complexity index is 527. The van der Waals surface area contributed by atoms with Crippen molar-refractivity contribution >= 4 is 27.7 Å². The molecule has 100 valence electrons. The average molecular weight is 321 g/mol. The van der Waals surface area contributed by atoms with Crippen molar-refractivity contribution in [1.82, 2.24) is 0 Å². The zero-order valence-electron chi connectivity index (χ0n) is 10.9. The van der Waals surface area contributed by atoms with Crippen molar-refractivity contribution in [2.75, 3.05) is 18.0 Å². The Kier molecular flexibility index (Phi) is 3.46. The van der Waals surface area contributed by atoms with Crippen molar-refractivity contribution in [2.45, 2.75) is 37.6 Å². The lowest BCUT2D eigenvalue weighted by atomic mass is 9.71. The number of carbonyl (C=O) groups excluding carboxylic acids is 1. The summed E-state index contributed by atoms with van der Waals surface area (Å²) in [6.07, 6.45) is 7.31. The maximum atomic E-state index is 10.8. The van der Waals surface area contributed by atoms with Crippen molar-refractivity contribution in [1.29, 1.82) is 0 Å². The van der Waals surface area contributed by atoms with Gasteiger partial charge in [-0.05, 0) is 44.2 Å². The molecule has 2 fully saturated rings. The first-order valence-electron chi connectivity index (χ1n) is 6.90. The van der Waals surface area contributed by atoms with Crippen molar-refractivity contribution < 1.29 is 4.79 Å². The second kappa shape index (κ2) is 5.10. The lowest BCUT2D eigenvalue weighted by molar-refractivity contribution is 0.255. The van der Waals surface area contributed by atoms with Crippen LogP contribution in [0.1, 0.15) is 37.7 Å². The second-order valence-electron chi connectivity index (χ2n) is 5.42. The zero-order chi connectivity index (χ0) is 13.3. The van der Waals surface area contributed by atoms with E-state index in [1.54, 1.807) is 6.08 Å². The van der Waals surface area contributed by atoms with E-state index in [0.717, 1.165) is 36.8 Å². The maximum Gasteiger partial charge on any atom is 0.235 e. The summed E-state index contributed by atoms with van der Waals surface area (Å²) in [5.41, 5.74) is 2.09. The van der Waals surface area contributed by atoms with Gasteiger partial charge >= 0.3 is 0 Å². The minimum Gasteiger partial charge on any atom is -0.371 e. The number of aliphatic imine (C=N–C) groups is 1. The molecule has 0 atom stereocenters. The van der Waals surface area contributed by atoms with E-state index in [4.69, 9.17) is 0 Å². The molecule has 1 aliphatic carbocycles. The first-order chi connectivity index (χ1) is 9.27. The number of hydrogen-bond acceptors (Lipinski definition) is 3. The molecule has 0 spiro atoms. The van der Waals surface area contributed by atoms with E-state index < -0.39 is 0 Å². The van der Waals surface area contributed by atoms with Gasteiger partial charge in [0.05, 0.1) is 0 Å². The van der Waals surface area contributed by atoms with E-state index in [2.05, 4.69) is 44.0 Å². The fraction of sp³-hybridized carbons (Fsp3) is 0.533. The first-order valence-corrected chi connectivity index (χ1v) is 7.69. The summed E-state index contributed by atoms with van der Waals surface area (Å²) in [5.74, 6) is 0. The largest absolute Gasteiger partial charge is 0.371 e. The molecular formula is C15H17BrN2O. The number of isocyanates is 1. The monoisotopic (exact) mass is 320 g/mol. The quantitative estimate of drug-likeness (QED) is 0.627. The highest BCUT2D eigenvalue weighted by atomic mass is 79.9. The highest BCUT2D eigenvalue weighted by Crippen LogP contribution is 2.51. The molecule has 3 nitrogen and oxygen atoms in total. The maximum absolute atomic E-state index is 10.8. The summed E-state index contributed by atoms with van der Waals surface area (Å²) in [6.45, 7) is 2.20. The van der Waals surface area contributed by atoms with E-state index in [9.17, 15) is 4.79 Å². The molecule has 0 bridgehead atoms. The standard InChI is InChI=1S/C15H17BrN2O/c16-12-5-3-6-13(18-9-1-2-10-18)14(12)15(17-11-19)7-4-8-15/h3,5-6H,1-2,4,7-10H2. The van der Waals surface area contributed by atoms with E-state index in [1.165, 1.54) is 24.1 Å². The van der Waals surface area contributed by atoms with Crippen LogP contribution in [-0.2, 0) is 10.3 Å². The van der Waals surface area contributed by atoms with Crippen LogP contribution in [0.15, 0.2) is 27.7 Å². The highest BCUT2D eigenvalue weighted by Gasteiger charge is 2.42. The average Bonchev–Trinajstić information content (AvgIpc) is 2.88. The van der Waals surface area contributed by atoms with Gasteiger partial charge in [-0.1, -0.05) is 22.0 Å². The van der Waals surface area contributed by atoms with Gasteiger partial charge in [-0.2, -0.15) is 4.99 Å².